The van der Waals surface area contributed by atoms with Gasteiger partial charge in [0, 0.05) is 24.9 Å². The molecule has 1 amide bonds. The van der Waals surface area contributed by atoms with Crippen molar-refractivity contribution in [2.24, 2.45) is 11.8 Å². The van der Waals surface area contributed by atoms with Crippen LogP contribution in [0.5, 0.6) is 5.75 Å². The number of carbonyl (C=O) groups excluding carboxylic acids is 1. The van der Waals surface area contributed by atoms with Gasteiger partial charge in [-0.15, -0.1) is 0 Å². The number of aliphatic hydroxyl groups is 1. The van der Waals surface area contributed by atoms with Crippen LogP contribution >= 0.6 is 0 Å². The minimum absolute atomic E-state index is 0.0120. The number of amides is 1. The van der Waals surface area contributed by atoms with Gasteiger partial charge in [0.2, 0.25) is 0 Å². The number of hydrogen-bond donors (Lipinski definition) is 2. The number of aromatic hydroxyl groups is 1. The van der Waals surface area contributed by atoms with E-state index >= 15 is 0 Å². The van der Waals surface area contributed by atoms with E-state index in [1.807, 2.05) is 0 Å². The number of aliphatic hydroxyl groups excluding tert-OH is 1. The van der Waals surface area contributed by atoms with Crippen LogP contribution in [0.15, 0.2) is 48.3 Å². The predicted molar refractivity (Wildman–Crippen MR) is 80.3 cm³/mol. The van der Waals surface area contributed by atoms with E-state index in [0.29, 0.717) is 0 Å². The first kappa shape index (κ1) is 16.4. The third-order valence-corrected chi connectivity index (χ3v) is 4.53. The molecule has 2 aliphatic rings. The Morgan fingerprint density at radius 3 is 2.42 bits per heavy atom. The highest BCUT2D eigenvalue weighted by Gasteiger charge is 2.47. The number of hydrogen-bond acceptors (Lipinski definition) is 3. The third kappa shape index (κ3) is 3.11. The van der Waals surface area contributed by atoms with Crippen molar-refractivity contribution in [2.75, 3.05) is 13.1 Å². The Balaban J connectivity index is 1.94. The van der Waals surface area contributed by atoms with Gasteiger partial charge in [0.25, 0.3) is 0 Å². The van der Waals surface area contributed by atoms with Gasteiger partial charge in [-0.1, -0.05) is 18.2 Å². The number of rotatable bonds is 1. The van der Waals surface area contributed by atoms with Crippen LogP contribution in [0, 0.1) is 11.8 Å². The predicted octanol–water partition coefficient (Wildman–Crippen LogP) is 3.12. The molecule has 128 valence electrons. The van der Waals surface area contributed by atoms with Gasteiger partial charge in [-0.2, -0.15) is 13.2 Å². The summed E-state index contributed by atoms with van der Waals surface area (Å²) >= 11 is 0. The molecule has 24 heavy (non-hydrogen) atoms. The number of allylic oxidation sites excluding steroid dienone is 2. The molecule has 1 fully saturated rings. The van der Waals surface area contributed by atoms with Crippen LogP contribution in [0.3, 0.4) is 0 Å². The lowest BCUT2D eigenvalue weighted by Gasteiger charge is -2.43. The van der Waals surface area contributed by atoms with Crippen molar-refractivity contribution in [3.05, 3.63) is 53.8 Å². The topological polar surface area (TPSA) is 60.8 Å². The van der Waals surface area contributed by atoms with E-state index < -0.39 is 18.0 Å². The van der Waals surface area contributed by atoms with E-state index in [-0.39, 0.29) is 36.4 Å². The number of likely N-dealkylation sites (tertiary alicyclic amines) is 1. The van der Waals surface area contributed by atoms with Gasteiger partial charge < -0.3 is 15.1 Å². The lowest BCUT2D eigenvalue weighted by atomic mass is 9.72. The smallest absolute Gasteiger partial charge is 0.471 e. The van der Waals surface area contributed by atoms with Gasteiger partial charge in [-0.3, -0.25) is 4.79 Å². The van der Waals surface area contributed by atoms with Crippen LogP contribution in [-0.2, 0) is 4.79 Å². The standard InChI is InChI=1S/C17H16F3NO3/c18-17(19,20)16(24)21-8-11-7-13(23)5-6-14(11)15(9-21)10-1-3-12(22)4-2-10/h1-7,11,14-15,22-23H,8-9H2. The average Bonchev–Trinajstić information content (AvgIpc) is 2.52. The summed E-state index contributed by atoms with van der Waals surface area (Å²) in [4.78, 5) is 12.5. The van der Waals surface area contributed by atoms with Gasteiger partial charge in [0.15, 0.2) is 0 Å². The fourth-order valence-corrected chi connectivity index (χ4v) is 3.43. The summed E-state index contributed by atoms with van der Waals surface area (Å²) in [7, 11) is 0. The summed E-state index contributed by atoms with van der Waals surface area (Å²) in [6.45, 7) is -0.158. The highest BCUT2D eigenvalue weighted by Crippen LogP contribution is 2.41. The summed E-state index contributed by atoms with van der Waals surface area (Å²) in [5.74, 6) is -2.69. The Kier molecular flexibility index (Phi) is 4.03. The number of phenolic OH excluding ortho intramolecular Hbond substituents is 1. The number of phenols is 1. The van der Waals surface area contributed by atoms with Crippen LogP contribution in [0.1, 0.15) is 11.5 Å². The summed E-state index contributed by atoms with van der Waals surface area (Å²) in [6, 6.07) is 6.22. The van der Waals surface area contributed by atoms with Gasteiger partial charge in [0.1, 0.15) is 11.5 Å². The molecule has 3 unspecified atom stereocenters. The molecule has 1 saturated heterocycles. The zero-order chi connectivity index (χ0) is 17.5. The Labute approximate surface area is 136 Å². The number of benzene rings is 1. The van der Waals surface area contributed by atoms with E-state index in [1.54, 1.807) is 18.2 Å². The van der Waals surface area contributed by atoms with Crippen LogP contribution < -0.4 is 0 Å². The molecule has 0 aromatic heterocycles. The van der Waals surface area contributed by atoms with E-state index in [9.17, 15) is 28.2 Å². The lowest BCUT2D eigenvalue weighted by Crippen LogP contribution is -2.51. The zero-order valence-corrected chi connectivity index (χ0v) is 12.6. The van der Waals surface area contributed by atoms with E-state index in [0.717, 1.165) is 10.5 Å². The summed E-state index contributed by atoms with van der Waals surface area (Å²) < 4.78 is 38.4. The van der Waals surface area contributed by atoms with Crippen LogP contribution in [0.2, 0.25) is 0 Å². The maximum absolute atomic E-state index is 12.8. The van der Waals surface area contributed by atoms with Gasteiger partial charge >= 0.3 is 12.1 Å². The summed E-state index contributed by atoms with van der Waals surface area (Å²) in [5.41, 5.74) is 0.738. The molecule has 1 aliphatic heterocycles. The number of carbonyl (C=O) groups is 1. The molecule has 4 nitrogen and oxygen atoms in total. The largest absolute Gasteiger partial charge is 0.508 e. The van der Waals surface area contributed by atoms with Crippen LogP contribution in [-0.4, -0.2) is 40.3 Å². The van der Waals surface area contributed by atoms with Crippen molar-refractivity contribution in [1.82, 2.24) is 4.90 Å². The molecular weight excluding hydrogens is 323 g/mol. The van der Waals surface area contributed by atoms with Gasteiger partial charge in [-0.25, -0.2) is 0 Å². The molecule has 1 aromatic carbocycles. The normalized spacial score (nSPS) is 26.7. The fraction of sp³-hybridized carbons (Fsp3) is 0.353. The van der Waals surface area contributed by atoms with E-state index in [1.165, 1.54) is 24.3 Å². The fourth-order valence-electron chi connectivity index (χ4n) is 3.43. The monoisotopic (exact) mass is 339 g/mol. The molecule has 0 radical (unpaired) electrons. The van der Waals surface area contributed by atoms with Crippen molar-refractivity contribution < 1.29 is 28.2 Å². The second-order valence-electron chi connectivity index (χ2n) is 6.10. The highest BCUT2D eigenvalue weighted by molar-refractivity contribution is 5.82. The minimum Gasteiger partial charge on any atom is -0.508 e. The van der Waals surface area contributed by atoms with Crippen molar-refractivity contribution >= 4 is 5.91 Å². The van der Waals surface area contributed by atoms with Crippen molar-refractivity contribution in [3.8, 4) is 5.75 Å². The lowest BCUT2D eigenvalue weighted by molar-refractivity contribution is -0.187. The Hall–Kier alpha value is -2.44. The van der Waals surface area contributed by atoms with E-state index in [2.05, 4.69) is 0 Å². The minimum atomic E-state index is -4.93. The number of nitrogens with zero attached hydrogens (tertiary/aromatic N) is 1. The maximum Gasteiger partial charge on any atom is 0.471 e. The molecular formula is C17H16F3NO3. The van der Waals surface area contributed by atoms with Crippen molar-refractivity contribution in [3.63, 3.8) is 0 Å². The molecule has 2 N–H and O–H groups in total. The van der Waals surface area contributed by atoms with Gasteiger partial charge in [0.05, 0.1) is 0 Å². The Morgan fingerprint density at radius 1 is 1.12 bits per heavy atom. The van der Waals surface area contributed by atoms with Gasteiger partial charge in [-0.05, 0) is 35.8 Å². The molecule has 3 rings (SSSR count). The summed E-state index contributed by atoms with van der Waals surface area (Å²) in [6.07, 6.45) is -0.140. The molecule has 1 aromatic rings. The second kappa shape index (κ2) is 5.89. The van der Waals surface area contributed by atoms with Crippen molar-refractivity contribution in [2.45, 2.75) is 12.1 Å². The van der Waals surface area contributed by atoms with Crippen molar-refractivity contribution in [1.29, 1.82) is 0 Å². The SMILES string of the molecule is O=C(N1CC2C=C(O)C=CC2C(c2ccc(O)cc2)C1)C(F)(F)F. The van der Waals surface area contributed by atoms with Crippen LogP contribution in [0.4, 0.5) is 13.2 Å². The molecule has 0 bridgehead atoms. The second-order valence-corrected chi connectivity index (χ2v) is 6.10. The molecule has 1 heterocycles. The molecule has 0 saturated carbocycles. The number of halogens is 3. The first-order valence-electron chi connectivity index (χ1n) is 7.49. The van der Waals surface area contributed by atoms with Crippen LogP contribution in [0.25, 0.3) is 0 Å². The zero-order valence-electron chi connectivity index (χ0n) is 12.6. The number of alkyl halides is 3. The average molecular weight is 339 g/mol. The molecule has 3 atom stereocenters. The first-order valence-corrected chi connectivity index (χ1v) is 7.49. The number of piperidine rings is 1. The maximum atomic E-state index is 12.8. The van der Waals surface area contributed by atoms with E-state index in [4.69, 9.17) is 0 Å². The molecule has 0 spiro atoms. The quantitative estimate of drug-likeness (QED) is 0.826. The Bertz CT molecular complexity index is 694. The number of fused-ring (bicyclic) bond motifs is 1. The Morgan fingerprint density at radius 2 is 1.79 bits per heavy atom. The highest BCUT2D eigenvalue weighted by atomic mass is 19.4. The third-order valence-electron chi connectivity index (χ3n) is 4.53. The summed E-state index contributed by atoms with van der Waals surface area (Å²) in [5, 5.41) is 19.0. The molecule has 1 aliphatic carbocycles. The molecule has 7 heteroatoms. The first-order chi connectivity index (χ1) is 11.3.